The van der Waals surface area contributed by atoms with Gasteiger partial charge < -0.3 is 21.0 Å². The minimum Gasteiger partial charge on any atom is -0.412 e. The maximum Gasteiger partial charge on any atom is 0.324 e. The minimum absolute atomic E-state index is 0. The molecule has 1 saturated heterocycles. The molecule has 7 heteroatoms. The number of carbonyl (C=O) groups excluding carboxylic acids is 2. The Bertz CT molecular complexity index is 207. The summed E-state index contributed by atoms with van der Waals surface area (Å²) in [7, 11) is 0. The van der Waals surface area contributed by atoms with Gasteiger partial charge in [0.1, 0.15) is 0 Å². The van der Waals surface area contributed by atoms with Crippen LogP contribution >= 0.6 is 0 Å². The summed E-state index contributed by atoms with van der Waals surface area (Å²) in [5.41, 5.74) is 0. The Morgan fingerprint density at radius 2 is 2.31 bits per heavy atom. The number of urea groups is 1. The first-order chi connectivity index (χ1) is 5.66. The molecule has 7 nitrogen and oxygen atoms in total. The summed E-state index contributed by atoms with van der Waals surface area (Å²) in [6.07, 6.45) is -1.49. The molecule has 0 aromatic carbocycles. The molecule has 1 fully saturated rings. The number of rotatable bonds is 2. The summed E-state index contributed by atoms with van der Waals surface area (Å²) in [5, 5.41) is 19.7. The highest BCUT2D eigenvalue weighted by Gasteiger charge is 2.30. The number of nitrogens with one attached hydrogen (secondary N) is 1. The van der Waals surface area contributed by atoms with Gasteiger partial charge in [0.15, 0.2) is 6.10 Å². The predicted molar refractivity (Wildman–Crippen MR) is 41.8 cm³/mol. The standard InChI is InChI=1S/C6H10N2O4.H2O/c9-3-4(10)5(11)8-2-1-7-6(8)12;/h4,9-10H,1-3H2,(H,7,12);1H2. The molecule has 0 spiro atoms. The van der Waals surface area contributed by atoms with Crippen LogP contribution in [0.25, 0.3) is 0 Å². The fourth-order valence-electron chi connectivity index (χ4n) is 0.940. The Hall–Kier alpha value is -1.18. The molecule has 76 valence electrons. The first-order valence-corrected chi connectivity index (χ1v) is 3.55. The summed E-state index contributed by atoms with van der Waals surface area (Å²) >= 11 is 0. The van der Waals surface area contributed by atoms with Gasteiger partial charge >= 0.3 is 6.03 Å². The molecule has 1 rings (SSSR count). The van der Waals surface area contributed by atoms with E-state index in [1.54, 1.807) is 0 Å². The number of aliphatic hydroxyl groups is 2. The molecule has 1 unspecified atom stereocenters. The summed E-state index contributed by atoms with van der Waals surface area (Å²) in [6.45, 7) is -0.0277. The lowest BCUT2D eigenvalue weighted by atomic mass is 10.3. The Balaban J connectivity index is 0.00000144. The van der Waals surface area contributed by atoms with Crippen molar-refractivity contribution in [2.24, 2.45) is 0 Å². The lowest BCUT2D eigenvalue weighted by Crippen LogP contribution is -2.42. The van der Waals surface area contributed by atoms with Crippen LogP contribution in [0.1, 0.15) is 0 Å². The van der Waals surface area contributed by atoms with E-state index >= 15 is 0 Å². The summed E-state index contributed by atoms with van der Waals surface area (Å²) < 4.78 is 0. The van der Waals surface area contributed by atoms with E-state index in [2.05, 4.69) is 5.32 Å². The van der Waals surface area contributed by atoms with E-state index in [1.165, 1.54) is 0 Å². The van der Waals surface area contributed by atoms with E-state index in [9.17, 15) is 9.59 Å². The molecule has 0 bridgehead atoms. The predicted octanol–water partition coefficient (Wildman–Crippen LogP) is -2.93. The number of aliphatic hydroxyl groups excluding tert-OH is 2. The van der Waals surface area contributed by atoms with Gasteiger partial charge in [-0.3, -0.25) is 9.69 Å². The van der Waals surface area contributed by atoms with E-state index < -0.39 is 24.6 Å². The molecule has 0 radical (unpaired) electrons. The largest absolute Gasteiger partial charge is 0.412 e. The molecule has 1 aliphatic rings. The van der Waals surface area contributed by atoms with Crippen LogP contribution in [0.4, 0.5) is 4.79 Å². The van der Waals surface area contributed by atoms with Gasteiger partial charge in [0, 0.05) is 13.1 Å². The smallest absolute Gasteiger partial charge is 0.324 e. The molecule has 1 heterocycles. The fourth-order valence-corrected chi connectivity index (χ4v) is 0.940. The Morgan fingerprint density at radius 3 is 2.69 bits per heavy atom. The van der Waals surface area contributed by atoms with Crippen molar-refractivity contribution in [1.82, 2.24) is 10.2 Å². The van der Waals surface area contributed by atoms with Crippen molar-refractivity contribution < 1.29 is 25.3 Å². The third kappa shape index (κ3) is 2.38. The number of nitrogens with zero attached hydrogens (tertiary/aromatic N) is 1. The van der Waals surface area contributed by atoms with E-state index in [-0.39, 0.29) is 12.0 Å². The fraction of sp³-hybridized carbons (Fsp3) is 0.667. The van der Waals surface area contributed by atoms with Gasteiger partial charge in [0.05, 0.1) is 6.61 Å². The molecule has 0 aromatic rings. The highest BCUT2D eigenvalue weighted by atomic mass is 16.3. The third-order valence-corrected chi connectivity index (χ3v) is 1.58. The Morgan fingerprint density at radius 1 is 1.69 bits per heavy atom. The molecule has 1 atom stereocenters. The van der Waals surface area contributed by atoms with Crippen LogP contribution < -0.4 is 5.32 Å². The first-order valence-electron chi connectivity index (χ1n) is 3.55. The van der Waals surface area contributed by atoms with Crippen LogP contribution in [0, 0.1) is 0 Å². The first kappa shape index (κ1) is 11.8. The maximum atomic E-state index is 11.0. The molecular weight excluding hydrogens is 180 g/mol. The summed E-state index contributed by atoms with van der Waals surface area (Å²) in [6, 6.07) is -0.521. The number of hydrogen-bond acceptors (Lipinski definition) is 4. The Labute approximate surface area is 74.3 Å². The second-order valence-corrected chi connectivity index (χ2v) is 2.42. The minimum atomic E-state index is -1.49. The molecule has 1 aliphatic heterocycles. The third-order valence-electron chi connectivity index (χ3n) is 1.58. The molecule has 5 N–H and O–H groups in total. The van der Waals surface area contributed by atoms with E-state index in [1.807, 2.05) is 0 Å². The normalized spacial score (nSPS) is 17.7. The van der Waals surface area contributed by atoms with E-state index in [4.69, 9.17) is 10.2 Å². The topological polar surface area (TPSA) is 121 Å². The highest BCUT2D eigenvalue weighted by molar-refractivity contribution is 5.97. The monoisotopic (exact) mass is 192 g/mol. The zero-order valence-electron chi connectivity index (χ0n) is 6.86. The lowest BCUT2D eigenvalue weighted by Gasteiger charge is -2.14. The zero-order chi connectivity index (χ0) is 9.14. The number of hydrogen-bond donors (Lipinski definition) is 3. The number of carbonyl (C=O) groups is 2. The molecule has 0 saturated carbocycles. The molecule has 0 aromatic heterocycles. The van der Waals surface area contributed by atoms with E-state index in [0.717, 1.165) is 4.90 Å². The van der Waals surface area contributed by atoms with Gasteiger partial charge in [-0.15, -0.1) is 0 Å². The van der Waals surface area contributed by atoms with Crippen molar-refractivity contribution in [3.05, 3.63) is 0 Å². The SMILES string of the molecule is O.O=C1NCCN1C(=O)C(O)CO. The molecule has 3 amide bonds. The second-order valence-electron chi connectivity index (χ2n) is 2.42. The van der Waals surface area contributed by atoms with Gasteiger partial charge in [-0.1, -0.05) is 0 Å². The molecule has 0 aliphatic carbocycles. The van der Waals surface area contributed by atoms with Crippen LogP contribution in [0.15, 0.2) is 0 Å². The highest BCUT2D eigenvalue weighted by Crippen LogP contribution is 2.00. The quantitative estimate of drug-likeness (QED) is 0.433. The lowest BCUT2D eigenvalue weighted by molar-refractivity contribution is -0.138. The van der Waals surface area contributed by atoms with Crippen molar-refractivity contribution in [2.75, 3.05) is 19.7 Å². The number of amides is 3. The molecular formula is C6H12N2O5. The van der Waals surface area contributed by atoms with Crippen LogP contribution in [0.5, 0.6) is 0 Å². The summed E-state index contributed by atoms with van der Waals surface area (Å²) in [5.74, 6) is -0.757. The maximum absolute atomic E-state index is 11.0. The van der Waals surface area contributed by atoms with Crippen molar-refractivity contribution in [1.29, 1.82) is 0 Å². The van der Waals surface area contributed by atoms with Crippen molar-refractivity contribution >= 4 is 11.9 Å². The summed E-state index contributed by atoms with van der Waals surface area (Å²) in [4.78, 5) is 22.8. The van der Waals surface area contributed by atoms with E-state index in [0.29, 0.717) is 6.54 Å². The van der Waals surface area contributed by atoms with Crippen LogP contribution in [-0.4, -0.2) is 58.3 Å². The van der Waals surface area contributed by atoms with Gasteiger partial charge in [-0.05, 0) is 0 Å². The van der Waals surface area contributed by atoms with Gasteiger partial charge in [0.25, 0.3) is 5.91 Å². The van der Waals surface area contributed by atoms with Crippen molar-refractivity contribution in [3.8, 4) is 0 Å². The van der Waals surface area contributed by atoms with Crippen LogP contribution in [0.2, 0.25) is 0 Å². The van der Waals surface area contributed by atoms with Gasteiger partial charge in [-0.25, -0.2) is 4.79 Å². The zero-order valence-corrected chi connectivity index (χ0v) is 6.86. The Kier molecular flexibility index (Phi) is 4.32. The van der Waals surface area contributed by atoms with Crippen LogP contribution in [0.3, 0.4) is 0 Å². The van der Waals surface area contributed by atoms with Crippen molar-refractivity contribution in [3.63, 3.8) is 0 Å². The number of imide groups is 1. The van der Waals surface area contributed by atoms with Crippen LogP contribution in [-0.2, 0) is 4.79 Å². The molecule has 13 heavy (non-hydrogen) atoms. The van der Waals surface area contributed by atoms with Gasteiger partial charge in [0.2, 0.25) is 0 Å². The average Bonchev–Trinajstić information content (AvgIpc) is 2.48. The second kappa shape index (κ2) is 4.75. The average molecular weight is 192 g/mol. The van der Waals surface area contributed by atoms with Gasteiger partial charge in [-0.2, -0.15) is 0 Å². The van der Waals surface area contributed by atoms with Crippen molar-refractivity contribution in [2.45, 2.75) is 6.10 Å².